The van der Waals surface area contributed by atoms with Crippen LogP contribution in [0.15, 0.2) is 23.2 Å². The number of carboxylic acid groups (broad SMARTS) is 1. The second-order valence-corrected chi connectivity index (χ2v) is 10.9. The minimum Gasteiger partial charge on any atom is -0.477 e. The predicted octanol–water partition coefficient (Wildman–Crippen LogP) is 4.50. The van der Waals surface area contributed by atoms with Gasteiger partial charge in [0.05, 0.1) is 22.9 Å². The summed E-state index contributed by atoms with van der Waals surface area (Å²) in [7, 11) is 0. The van der Waals surface area contributed by atoms with E-state index in [1.54, 1.807) is 25.0 Å². The quantitative estimate of drug-likeness (QED) is 0.297. The molecule has 4 atom stereocenters. The molecule has 0 saturated carbocycles. The van der Waals surface area contributed by atoms with Gasteiger partial charge in [-0.3, -0.25) is 9.20 Å². The summed E-state index contributed by atoms with van der Waals surface area (Å²) < 4.78 is 1.93. The van der Waals surface area contributed by atoms with Crippen LogP contribution in [0.4, 0.5) is 0 Å². The fourth-order valence-corrected chi connectivity index (χ4v) is 7.42. The number of amides is 1. The third-order valence-corrected chi connectivity index (χ3v) is 8.93. The first-order valence-electron chi connectivity index (χ1n) is 11.3. The molecular formula is C23H31N3O4S2. The number of carbonyl (C=O) groups is 2. The predicted molar refractivity (Wildman–Crippen MR) is 127 cm³/mol. The topological polar surface area (TPSA) is 95.1 Å². The van der Waals surface area contributed by atoms with E-state index in [1.807, 2.05) is 16.9 Å². The number of rotatable bonds is 10. The van der Waals surface area contributed by atoms with Gasteiger partial charge >= 0.3 is 5.97 Å². The zero-order valence-electron chi connectivity index (χ0n) is 19.0. The molecule has 1 amide bonds. The maximum absolute atomic E-state index is 13.0. The maximum atomic E-state index is 13.0. The highest BCUT2D eigenvalue weighted by atomic mass is 32.2. The Labute approximate surface area is 196 Å². The second-order valence-electron chi connectivity index (χ2n) is 9.09. The number of hydrogen-bond acceptors (Lipinski definition) is 6. The number of carbonyl (C=O) groups excluding carboxylic acids is 1. The number of nitrogens with zero attached hydrogens (tertiary/aromatic N) is 3. The van der Waals surface area contributed by atoms with E-state index in [2.05, 4.69) is 18.8 Å². The fourth-order valence-electron chi connectivity index (χ4n) is 5.46. The van der Waals surface area contributed by atoms with E-state index in [4.69, 9.17) is 0 Å². The van der Waals surface area contributed by atoms with Crippen LogP contribution in [0.5, 0.6) is 0 Å². The SMILES string of the molecule is CCCCCCC[C@@]1(C)C(c2cn3cnc(SC)c3s2)=C(C(=O)O)N2C(=O)[C@H]([C@@H](C)O)[C@@H]21. The van der Waals surface area contributed by atoms with E-state index in [0.29, 0.717) is 0 Å². The Bertz CT molecular complexity index is 1070. The van der Waals surface area contributed by atoms with Gasteiger partial charge in [-0.1, -0.05) is 46.0 Å². The molecule has 2 aromatic rings. The van der Waals surface area contributed by atoms with Crippen molar-refractivity contribution in [1.82, 2.24) is 14.3 Å². The summed E-state index contributed by atoms with van der Waals surface area (Å²) in [4.78, 5) is 33.1. The van der Waals surface area contributed by atoms with Crippen molar-refractivity contribution in [1.29, 1.82) is 0 Å². The molecule has 0 aliphatic carbocycles. The van der Waals surface area contributed by atoms with E-state index in [9.17, 15) is 19.8 Å². The molecule has 2 aliphatic rings. The number of carboxylic acids is 1. The van der Waals surface area contributed by atoms with Crippen molar-refractivity contribution in [3.05, 3.63) is 23.1 Å². The summed E-state index contributed by atoms with van der Waals surface area (Å²) in [5.41, 5.74) is 0.268. The standard InChI is InChI=1S/C23H31N3O4S2/c1-5-6-7-8-9-10-23(3)16(14-11-25-12-24-19(31-4)21(25)32-14)17(22(29)30)26-18(23)15(13(2)27)20(26)28/h11-13,15,18,27H,5-10H2,1-4H3,(H,29,30)/t13-,15-,18-,23+/m1/s1. The lowest BCUT2D eigenvalue weighted by Crippen LogP contribution is -2.66. The molecular weight excluding hydrogens is 446 g/mol. The minimum absolute atomic E-state index is 0.0797. The van der Waals surface area contributed by atoms with Crippen LogP contribution < -0.4 is 0 Å². The van der Waals surface area contributed by atoms with Crippen LogP contribution in [-0.4, -0.2) is 54.8 Å². The summed E-state index contributed by atoms with van der Waals surface area (Å²) in [6.45, 7) is 5.90. The number of aliphatic carboxylic acids is 1. The molecule has 0 bridgehead atoms. The van der Waals surface area contributed by atoms with Gasteiger partial charge in [0.1, 0.15) is 21.9 Å². The third kappa shape index (κ3) is 3.49. The average Bonchev–Trinajstić information content (AvgIpc) is 3.36. The molecule has 0 radical (unpaired) electrons. The monoisotopic (exact) mass is 477 g/mol. The third-order valence-electron chi connectivity index (χ3n) is 6.98. The molecule has 0 spiro atoms. The summed E-state index contributed by atoms with van der Waals surface area (Å²) in [6, 6.07) is -0.332. The van der Waals surface area contributed by atoms with Gasteiger partial charge in [0.15, 0.2) is 0 Å². The van der Waals surface area contributed by atoms with E-state index in [0.717, 1.165) is 52.4 Å². The number of imidazole rings is 1. The molecule has 2 aliphatic heterocycles. The van der Waals surface area contributed by atoms with Crippen molar-refractivity contribution in [2.75, 3.05) is 6.26 Å². The highest BCUT2D eigenvalue weighted by Crippen LogP contribution is 2.60. The van der Waals surface area contributed by atoms with Gasteiger partial charge in [0.2, 0.25) is 5.91 Å². The Hall–Kier alpha value is -1.84. The molecule has 0 unspecified atom stereocenters. The highest BCUT2D eigenvalue weighted by molar-refractivity contribution is 7.98. The van der Waals surface area contributed by atoms with Gasteiger partial charge in [-0.15, -0.1) is 23.1 Å². The van der Waals surface area contributed by atoms with Crippen molar-refractivity contribution < 1.29 is 19.8 Å². The largest absolute Gasteiger partial charge is 0.477 e. The van der Waals surface area contributed by atoms with Crippen LogP contribution in [0, 0.1) is 11.3 Å². The van der Waals surface area contributed by atoms with Crippen LogP contribution in [0.1, 0.15) is 64.2 Å². The first-order chi connectivity index (χ1) is 15.3. The molecule has 7 nitrogen and oxygen atoms in total. The lowest BCUT2D eigenvalue weighted by molar-refractivity contribution is -0.166. The molecule has 4 rings (SSSR count). The van der Waals surface area contributed by atoms with Crippen LogP contribution >= 0.6 is 23.1 Å². The number of aromatic nitrogens is 2. The Balaban J connectivity index is 1.81. The fraction of sp³-hybridized carbons (Fsp3) is 0.609. The van der Waals surface area contributed by atoms with Crippen LogP contribution in [0.3, 0.4) is 0 Å². The van der Waals surface area contributed by atoms with E-state index < -0.39 is 23.4 Å². The van der Waals surface area contributed by atoms with Gasteiger partial charge in [-0.25, -0.2) is 9.78 Å². The minimum atomic E-state index is -1.08. The van der Waals surface area contributed by atoms with Crippen LogP contribution in [-0.2, 0) is 9.59 Å². The van der Waals surface area contributed by atoms with Gasteiger partial charge < -0.3 is 15.1 Å². The summed E-state index contributed by atoms with van der Waals surface area (Å²) >= 11 is 3.08. The second kappa shape index (κ2) is 8.83. The number of thioether (sulfide) groups is 1. The smallest absolute Gasteiger partial charge is 0.352 e. The van der Waals surface area contributed by atoms with Crippen LogP contribution in [0.2, 0.25) is 0 Å². The maximum Gasteiger partial charge on any atom is 0.352 e. The van der Waals surface area contributed by atoms with Crippen molar-refractivity contribution in [2.24, 2.45) is 11.3 Å². The molecule has 1 saturated heterocycles. The van der Waals surface area contributed by atoms with Gasteiger partial charge in [0, 0.05) is 17.2 Å². The molecule has 4 heterocycles. The molecule has 32 heavy (non-hydrogen) atoms. The molecule has 0 aromatic carbocycles. The van der Waals surface area contributed by atoms with Crippen molar-refractivity contribution in [3.63, 3.8) is 0 Å². The lowest BCUT2D eigenvalue weighted by Gasteiger charge is -2.51. The number of aliphatic hydroxyl groups excluding tert-OH is 1. The number of β-lactam (4-membered cyclic amide) rings is 1. The van der Waals surface area contributed by atoms with Crippen molar-refractivity contribution >= 4 is 45.4 Å². The number of fused-ring (bicyclic) bond motifs is 2. The normalized spacial score (nSPS) is 26.0. The highest BCUT2D eigenvalue weighted by Gasteiger charge is 2.66. The Morgan fingerprint density at radius 3 is 2.69 bits per heavy atom. The summed E-state index contributed by atoms with van der Waals surface area (Å²) in [5, 5.41) is 21.4. The van der Waals surface area contributed by atoms with Crippen LogP contribution in [0.25, 0.3) is 10.4 Å². The van der Waals surface area contributed by atoms with Gasteiger partial charge in [-0.2, -0.15) is 0 Å². The first kappa shape index (κ1) is 23.3. The number of hydrogen-bond donors (Lipinski definition) is 2. The molecule has 2 N–H and O–H groups in total. The zero-order chi connectivity index (χ0) is 23.2. The molecule has 2 aromatic heterocycles. The molecule has 1 fully saturated rings. The summed E-state index contributed by atoms with van der Waals surface area (Å²) in [6.07, 6.45) is 11.1. The number of unbranched alkanes of at least 4 members (excludes halogenated alkanes) is 4. The van der Waals surface area contributed by atoms with E-state index in [-0.39, 0.29) is 17.6 Å². The lowest BCUT2D eigenvalue weighted by atomic mass is 9.65. The van der Waals surface area contributed by atoms with Gasteiger partial charge in [0.25, 0.3) is 0 Å². The Morgan fingerprint density at radius 1 is 1.34 bits per heavy atom. The molecule has 174 valence electrons. The van der Waals surface area contributed by atoms with E-state index >= 15 is 0 Å². The Kier molecular flexibility index (Phi) is 6.44. The summed E-state index contributed by atoms with van der Waals surface area (Å²) in [5.74, 6) is -1.94. The van der Waals surface area contributed by atoms with Crippen molar-refractivity contribution in [3.8, 4) is 0 Å². The molecule has 9 heteroatoms. The Morgan fingerprint density at radius 2 is 2.06 bits per heavy atom. The van der Waals surface area contributed by atoms with Gasteiger partial charge in [-0.05, 0) is 19.6 Å². The zero-order valence-corrected chi connectivity index (χ0v) is 20.6. The average molecular weight is 478 g/mol. The first-order valence-corrected chi connectivity index (χ1v) is 13.3. The van der Waals surface area contributed by atoms with Crippen molar-refractivity contribution in [2.45, 2.75) is 76.5 Å². The van der Waals surface area contributed by atoms with E-state index in [1.165, 1.54) is 22.7 Å². The number of aliphatic hydroxyl groups is 1. The number of thiazole rings is 1.